The minimum absolute atomic E-state index is 0. The van der Waals surface area contributed by atoms with Gasteiger partial charge >= 0.3 is 0 Å². The van der Waals surface area contributed by atoms with Crippen LogP contribution in [0.3, 0.4) is 0 Å². The van der Waals surface area contributed by atoms with E-state index in [0.717, 1.165) is 0 Å². The van der Waals surface area contributed by atoms with Crippen LogP contribution in [0.15, 0.2) is 0 Å². The number of rotatable bonds is 0. The van der Waals surface area contributed by atoms with Gasteiger partial charge in [-0.15, -0.1) is 0 Å². The minimum atomic E-state index is 0. The van der Waals surface area contributed by atoms with Crippen molar-refractivity contribution in [2.24, 2.45) is 0 Å². The number of hydrogen-bond donors (Lipinski definition) is 0. The molecule has 5 heavy (non-hydrogen) atoms. The molecule has 0 aromatic rings. The van der Waals surface area contributed by atoms with E-state index < -0.39 is 0 Å². The summed E-state index contributed by atoms with van der Waals surface area (Å²) in [6, 6.07) is 0. The van der Waals surface area contributed by atoms with Gasteiger partial charge < -0.3 is 0 Å². The summed E-state index contributed by atoms with van der Waals surface area (Å²) in [7, 11) is 0. The van der Waals surface area contributed by atoms with E-state index in [0.29, 0.717) is 0 Å². The van der Waals surface area contributed by atoms with Crippen LogP contribution in [0.4, 0.5) is 0 Å². The Morgan fingerprint density at radius 2 is 1.00 bits per heavy atom. The molecule has 0 bridgehead atoms. The van der Waals surface area contributed by atoms with Crippen LogP contribution in [0, 0.1) is 121 Å². The summed E-state index contributed by atoms with van der Waals surface area (Å²) in [6.07, 6.45) is 0. The van der Waals surface area contributed by atoms with E-state index in [2.05, 4.69) is 0 Å². The molecule has 0 saturated carbocycles. The summed E-state index contributed by atoms with van der Waals surface area (Å²) in [5.74, 6) is 0. The van der Waals surface area contributed by atoms with Gasteiger partial charge in [-0.05, 0) is 0 Å². The molecule has 0 heterocycles. The van der Waals surface area contributed by atoms with Crippen LogP contribution in [0.5, 0.6) is 0 Å². The SMILES string of the molecule is [Dy].[La].[Ru].[Se].[Yb]. The maximum Gasteiger partial charge on any atom is 0 e. The van der Waals surface area contributed by atoms with Crippen molar-refractivity contribution in [2.45, 2.75) is 0 Å². The Kier molecular flexibility index (Phi) is 147. The van der Waals surface area contributed by atoms with Crippen molar-refractivity contribution < 1.29 is 140 Å². The molecule has 41 valence electrons. The summed E-state index contributed by atoms with van der Waals surface area (Å²) in [5, 5.41) is 0. The Morgan fingerprint density at radius 3 is 1.00 bits per heavy atom. The van der Waals surface area contributed by atoms with Gasteiger partial charge in [0.15, 0.2) is 0 Å². The topological polar surface area (TPSA) is 0 Å². The monoisotopic (exact) mass is 659 g/mol. The van der Waals surface area contributed by atoms with Crippen LogP contribution < -0.4 is 0 Å². The van der Waals surface area contributed by atoms with Crippen molar-refractivity contribution in [2.75, 3.05) is 0 Å². The Morgan fingerprint density at radius 1 is 1.00 bits per heavy atom. The minimum Gasteiger partial charge on any atom is 0 e. The zero-order valence-electron chi connectivity index (χ0n) is 1.92. The Hall–Kier alpha value is 5.13. The predicted molar refractivity (Wildman–Crippen MR) is 5.75 cm³/mol. The predicted octanol–water partition coefficient (Wildman–Crippen LogP) is -0.383. The molecule has 0 nitrogen and oxygen atoms in total. The van der Waals surface area contributed by atoms with Crippen molar-refractivity contribution in [3.8, 4) is 0 Å². The van der Waals surface area contributed by atoms with Gasteiger partial charge in [-0.3, -0.25) is 0 Å². The zero-order valence-corrected chi connectivity index (χ0v) is 12.7. The average Bonchev–Trinajstić information content (AvgIpc) is 0. The van der Waals surface area contributed by atoms with E-state index in [1.54, 1.807) is 0 Å². The van der Waals surface area contributed by atoms with Gasteiger partial charge in [0.2, 0.25) is 0 Å². The van der Waals surface area contributed by atoms with Crippen molar-refractivity contribution in [1.82, 2.24) is 0 Å². The third kappa shape index (κ3) is 17.6. The molecule has 0 N–H and O–H groups in total. The van der Waals surface area contributed by atoms with Crippen molar-refractivity contribution >= 4 is 17.1 Å². The van der Waals surface area contributed by atoms with E-state index >= 15 is 0 Å². The first-order valence-corrected chi connectivity index (χ1v) is 0. The van der Waals surface area contributed by atoms with Crippen LogP contribution in [-0.2, 0) is 19.5 Å². The van der Waals surface area contributed by atoms with Crippen LogP contribution in [0.25, 0.3) is 0 Å². The average molecular weight is 654 g/mol. The molecule has 0 aromatic carbocycles. The van der Waals surface area contributed by atoms with E-state index in [9.17, 15) is 0 Å². The maximum atomic E-state index is 0. The van der Waals surface area contributed by atoms with E-state index in [4.69, 9.17) is 0 Å². The Bertz CT molecular complexity index is 11.6. The standard InChI is InChI=1S/Dy.La.Ru.Se.Yb. The first kappa shape index (κ1) is 32.1. The van der Waals surface area contributed by atoms with Gasteiger partial charge in [0.1, 0.15) is 0 Å². The summed E-state index contributed by atoms with van der Waals surface area (Å²) in [4.78, 5) is 0. The maximum absolute atomic E-state index is 0. The second-order valence-corrected chi connectivity index (χ2v) is 0. The summed E-state index contributed by atoms with van der Waals surface area (Å²) in [6.45, 7) is 0. The van der Waals surface area contributed by atoms with Gasteiger partial charge in [0.05, 0.1) is 0 Å². The molecule has 0 aliphatic heterocycles. The van der Waals surface area contributed by atoms with Crippen molar-refractivity contribution in [3.05, 3.63) is 0 Å². The zero-order chi connectivity index (χ0) is 0. The second-order valence-electron chi connectivity index (χ2n) is 0. The van der Waals surface area contributed by atoms with Crippen LogP contribution in [0.1, 0.15) is 0 Å². The van der Waals surface area contributed by atoms with Gasteiger partial charge in [0.25, 0.3) is 0 Å². The van der Waals surface area contributed by atoms with E-state index in [-0.39, 0.29) is 157 Å². The smallest absolute Gasteiger partial charge is 0 e. The molecule has 0 fully saturated rings. The summed E-state index contributed by atoms with van der Waals surface area (Å²) in [5.41, 5.74) is 0. The largest absolute Gasteiger partial charge is 0 e. The first-order valence-electron chi connectivity index (χ1n) is 0. The van der Waals surface area contributed by atoms with Gasteiger partial charge in [-0.2, -0.15) is 0 Å². The number of hydrogen-bond acceptors (Lipinski definition) is 0. The fraction of sp³-hybridized carbons (Fsp3) is 0. The molecule has 0 aromatic heterocycles. The fourth-order valence-corrected chi connectivity index (χ4v) is 0. The molecule has 5 heteroatoms. The molecular formula is DyLaRuSeYb. The second kappa shape index (κ2) is 22.9. The Labute approximate surface area is 152 Å². The first-order chi connectivity index (χ1) is 0. The third-order valence-corrected chi connectivity index (χ3v) is 0. The van der Waals surface area contributed by atoms with Gasteiger partial charge in [0, 0.05) is 157 Å². The Balaban J connectivity index is 0. The third-order valence-electron chi connectivity index (χ3n) is 0. The molecule has 0 spiro atoms. The summed E-state index contributed by atoms with van der Waals surface area (Å²) < 4.78 is 0. The molecular weight excluding hydrogens is 654 g/mol. The quantitative estimate of drug-likeness (QED) is 0.313. The van der Waals surface area contributed by atoms with E-state index in [1.807, 2.05) is 0 Å². The van der Waals surface area contributed by atoms with Crippen LogP contribution >= 0.6 is 0 Å². The molecule has 0 atom stereocenters. The van der Waals surface area contributed by atoms with E-state index in [1.165, 1.54) is 0 Å². The molecule has 0 aliphatic carbocycles. The van der Waals surface area contributed by atoms with Crippen LogP contribution in [0.2, 0.25) is 0 Å². The molecule has 0 unspecified atom stereocenters. The molecule has 0 rings (SSSR count). The molecule has 3 radical (unpaired) electrons. The molecule has 0 aliphatic rings. The fourth-order valence-electron chi connectivity index (χ4n) is 0. The summed E-state index contributed by atoms with van der Waals surface area (Å²) >= 11 is 0. The normalized spacial score (nSPS) is 0. The molecule has 0 saturated heterocycles. The molecule has 0 amide bonds. The van der Waals surface area contributed by atoms with Crippen molar-refractivity contribution in [3.63, 3.8) is 0 Å². The van der Waals surface area contributed by atoms with Gasteiger partial charge in [-0.25, -0.2) is 0 Å². The van der Waals surface area contributed by atoms with Crippen LogP contribution in [-0.4, -0.2) is 17.1 Å². The van der Waals surface area contributed by atoms with Gasteiger partial charge in [-0.1, -0.05) is 0 Å². The van der Waals surface area contributed by atoms with Crippen molar-refractivity contribution in [1.29, 1.82) is 0 Å².